The average Bonchev–Trinajstić information content (AvgIpc) is 2.95. The first kappa shape index (κ1) is 19.7. The van der Waals surface area contributed by atoms with Crippen LogP contribution in [-0.4, -0.2) is 11.8 Å². The Hall–Kier alpha value is -3.57. The van der Waals surface area contributed by atoms with Crippen LogP contribution >= 0.6 is 11.6 Å². The Bertz CT molecular complexity index is 1150. The molecule has 3 aromatic carbocycles. The highest BCUT2D eigenvalue weighted by atomic mass is 35.5. The van der Waals surface area contributed by atoms with Gasteiger partial charge in [-0.05, 0) is 67.4 Å². The molecule has 0 unspecified atom stereocenters. The number of aryl methyl sites for hydroxylation is 2. The lowest BCUT2D eigenvalue weighted by Gasteiger charge is -2.18. The van der Waals surface area contributed by atoms with Crippen LogP contribution in [0, 0.1) is 13.8 Å². The third kappa shape index (κ3) is 3.80. The van der Waals surface area contributed by atoms with Crippen LogP contribution in [0.15, 0.2) is 83.5 Å². The molecule has 5 nitrogen and oxygen atoms in total. The van der Waals surface area contributed by atoms with Crippen LogP contribution in [0.3, 0.4) is 0 Å². The standard InChI is InChI=1S/C24H19ClN2O3/c1-15-8-9-16(2)20(14-15)27-23(28)21(25)22(24(27)29)26-17-10-12-19(13-11-17)30-18-6-4-3-5-7-18/h3-14,26H,1-2H3. The Morgan fingerprint density at radius 1 is 0.833 bits per heavy atom. The van der Waals surface area contributed by atoms with E-state index in [4.69, 9.17) is 16.3 Å². The highest BCUT2D eigenvalue weighted by molar-refractivity contribution is 6.53. The second-order valence-electron chi connectivity index (χ2n) is 6.99. The molecule has 0 bridgehead atoms. The van der Waals surface area contributed by atoms with E-state index in [1.807, 2.05) is 56.3 Å². The number of para-hydroxylation sites is 1. The molecular weight excluding hydrogens is 400 g/mol. The van der Waals surface area contributed by atoms with E-state index in [-0.39, 0.29) is 10.7 Å². The summed E-state index contributed by atoms with van der Waals surface area (Å²) in [6, 6.07) is 22.1. The van der Waals surface area contributed by atoms with E-state index in [2.05, 4.69) is 5.32 Å². The van der Waals surface area contributed by atoms with Gasteiger partial charge < -0.3 is 10.1 Å². The molecule has 30 heavy (non-hydrogen) atoms. The van der Waals surface area contributed by atoms with Crippen LogP contribution in [0.2, 0.25) is 0 Å². The summed E-state index contributed by atoms with van der Waals surface area (Å²) < 4.78 is 5.77. The first-order valence-corrected chi connectivity index (χ1v) is 9.77. The zero-order chi connectivity index (χ0) is 21.3. The molecule has 1 aliphatic heterocycles. The Morgan fingerprint density at radius 3 is 2.20 bits per heavy atom. The van der Waals surface area contributed by atoms with E-state index < -0.39 is 11.8 Å². The number of rotatable bonds is 5. The minimum absolute atomic E-state index is 0.0549. The number of nitrogens with zero attached hydrogens (tertiary/aromatic N) is 1. The summed E-state index contributed by atoms with van der Waals surface area (Å²) in [5.74, 6) is 0.354. The number of carbonyl (C=O) groups is 2. The number of hydrogen-bond donors (Lipinski definition) is 1. The van der Waals surface area contributed by atoms with Crippen molar-refractivity contribution in [1.29, 1.82) is 0 Å². The number of ether oxygens (including phenoxy) is 1. The predicted octanol–water partition coefficient (Wildman–Crippen LogP) is 5.53. The monoisotopic (exact) mass is 418 g/mol. The van der Waals surface area contributed by atoms with E-state index >= 15 is 0 Å². The topological polar surface area (TPSA) is 58.6 Å². The number of anilines is 2. The minimum atomic E-state index is -0.540. The normalized spacial score (nSPS) is 13.8. The van der Waals surface area contributed by atoms with Gasteiger partial charge in [0, 0.05) is 5.69 Å². The summed E-state index contributed by atoms with van der Waals surface area (Å²) in [5.41, 5.74) is 2.97. The maximum atomic E-state index is 13.0. The molecule has 0 saturated carbocycles. The fourth-order valence-electron chi connectivity index (χ4n) is 3.17. The number of imide groups is 1. The van der Waals surface area contributed by atoms with Crippen LogP contribution in [0.1, 0.15) is 11.1 Å². The Labute approximate surface area is 179 Å². The van der Waals surface area contributed by atoms with E-state index in [1.165, 1.54) is 0 Å². The van der Waals surface area contributed by atoms with Crippen molar-refractivity contribution in [3.8, 4) is 11.5 Å². The molecule has 0 atom stereocenters. The van der Waals surface area contributed by atoms with Crippen molar-refractivity contribution in [2.45, 2.75) is 13.8 Å². The number of hydrogen-bond acceptors (Lipinski definition) is 4. The van der Waals surface area contributed by atoms with Crippen LogP contribution < -0.4 is 15.0 Å². The molecule has 2 amide bonds. The molecule has 150 valence electrons. The lowest BCUT2D eigenvalue weighted by atomic mass is 10.1. The summed E-state index contributed by atoms with van der Waals surface area (Å²) in [5, 5.41) is 2.84. The van der Waals surface area contributed by atoms with Gasteiger partial charge in [0.15, 0.2) is 0 Å². The van der Waals surface area contributed by atoms with Crippen molar-refractivity contribution in [1.82, 2.24) is 0 Å². The van der Waals surface area contributed by atoms with Gasteiger partial charge in [0.25, 0.3) is 11.8 Å². The number of benzene rings is 3. The SMILES string of the molecule is Cc1ccc(C)c(N2C(=O)C(Cl)=C(Nc3ccc(Oc4ccccc4)cc3)C2=O)c1. The lowest BCUT2D eigenvalue weighted by Crippen LogP contribution is -2.32. The van der Waals surface area contributed by atoms with Crippen molar-refractivity contribution in [3.05, 3.63) is 94.7 Å². The molecule has 0 aromatic heterocycles. The number of nitrogens with one attached hydrogen (secondary N) is 1. The fraction of sp³-hybridized carbons (Fsp3) is 0.0833. The van der Waals surface area contributed by atoms with E-state index in [1.54, 1.807) is 30.3 Å². The number of amides is 2. The van der Waals surface area contributed by atoms with Gasteiger partial charge in [0.05, 0.1) is 5.69 Å². The Kier molecular flexibility index (Phi) is 5.29. The minimum Gasteiger partial charge on any atom is -0.457 e. The molecule has 3 aromatic rings. The lowest BCUT2D eigenvalue weighted by molar-refractivity contribution is -0.120. The van der Waals surface area contributed by atoms with Crippen molar-refractivity contribution >= 4 is 34.8 Å². The maximum Gasteiger partial charge on any atom is 0.283 e. The van der Waals surface area contributed by atoms with Crippen molar-refractivity contribution in [2.75, 3.05) is 10.2 Å². The van der Waals surface area contributed by atoms with Crippen molar-refractivity contribution < 1.29 is 14.3 Å². The zero-order valence-corrected chi connectivity index (χ0v) is 17.2. The second kappa shape index (κ2) is 8.05. The molecule has 0 saturated heterocycles. The van der Waals surface area contributed by atoms with Crippen molar-refractivity contribution in [3.63, 3.8) is 0 Å². The summed E-state index contributed by atoms with van der Waals surface area (Å²) in [4.78, 5) is 26.8. The molecule has 0 aliphatic carbocycles. The second-order valence-corrected chi connectivity index (χ2v) is 7.37. The first-order valence-electron chi connectivity index (χ1n) is 9.40. The van der Waals surface area contributed by atoms with Gasteiger partial charge in [-0.1, -0.05) is 41.9 Å². The van der Waals surface area contributed by atoms with Crippen LogP contribution in [0.25, 0.3) is 0 Å². The third-order valence-electron chi connectivity index (χ3n) is 4.74. The van der Waals surface area contributed by atoms with Gasteiger partial charge in [0.2, 0.25) is 0 Å². The summed E-state index contributed by atoms with van der Waals surface area (Å²) in [6.45, 7) is 3.75. The number of carbonyl (C=O) groups excluding carboxylic acids is 2. The predicted molar refractivity (Wildman–Crippen MR) is 118 cm³/mol. The average molecular weight is 419 g/mol. The number of halogens is 1. The largest absolute Gasteiger partial charge is 0.457 e. The molecule has 6 heteroatoms. The summed E-state index contributed by atoms with van der Waals surface area (Å²) >= 11 is 6.23. The van der Waals surface area contributed by atoms with Gasteiger partial charge in [-0.3, -0.25) is 9.59 Å². The molecule has 4 rings (SSSR count). The maximum absolute atomic E-state index is 13.0. The van der Waals surface area contributed by atoms with Crippen LogP contribution in [0.4, 0.5) is 11.4 Å². The Balaban J connectivity index is 1.53. The molecule has 1 aliphatic rings. The van der Waals surface area contributed by atoms with Crippen LogP contribution in [0.5, 0.6) is 11.5 Å². The van der Waals surface area contributed by atoms with Gasteiger partial charge in [-0.25, -0.2) is 4.90 Å². The fourth-order valence-corrected chi connectivity index (χ4v) is 3.38. The van der Waals surface area contributed by atoms with Crippen LogP contribution in [-0.2, 0) is 9.59 Å². The van der Waals surface area contributed by atoms with E-state index in [9.17, 15) is 9.59 Å². The highest BCUT2D eigenvalue weighted by Crippen LogP contribution is 2.33. The first-order chi connectivity index (χ1) is 14.4. The van der Waals surface area contributed by atoms with Crippen molar-refractivity contribution in [2.24, 2.45) is 0 Å². The quantitative estimate of drug-likeness (QED) is 0.553. The molecule has 0 fully saturated rings. The van der Waals surface area contributed by atoms with E-state index in [0.29, 0.717) is 17.1 Å². The third-order valence-corrected chi connectivity index (χ3v) is 5.09. The molecule has 1 heterocycles. The molecule has 0 spiro atoms. The van der Waals surface area contributed by atoms with Gasteiger partial charge in [-0.15, -0.1) is 0 Å². The smallest absolute Gasteiger partial charge is 0.283 e. The molecule has 0 radical (unpaired) electrons. The molecule has 1 N–H and O–H groups in total. The Morgan fingerprint density at radius 2 is 1.50 bits per heavy atom. The van der Waals surface area contributed by atoms with E-state index in [0.717, 1.165) is 21.8 Å². The summed E-state index contributed by atoms with van der Waals surface area (Å²) in [6.07, 6.45) is 0. The van der Waals surface area contributed by atoms with Gasteiger partial charge >= 0.3 is 0 Å². The van der Waals surface area contributed by atoms with Gasteiger partial charge in [-0.2, -0.15) is 0 Å². The zero-order valence-electron chi connectivity index (χ0n) is 16.5. The summed E-state index contributed by atoms with van der Waals surface area (Å²) in [7, 11) is 0. The molecular formula is C24H19ClN2O3. The highest BCUT2D eigenvalue weighted by Gasteiger charge is 2.39. The van der Waals surface area contributed by atoms with Gasteiger partial charge in [0.1, 0.15) is 22.2 Å².